The van der Waals surface area contributed by atoms with Crippen molar-refractivity contribution in [3.8, 4) is 11.1 Å². The van der Waals surface area contributed by atoms with Crippen LogP contribution in [0.15, 0.2) is 59.1 Å². The Kier molecular flexibility index (Phi) is 5.12. The maximum atomic E-state index is 3.48. The van der Waals surface area contributed by atoms with Crippen molar-refractivity contribution in [2.45, 2.75) is 19.8 Å². The molecule has 1 aliphatic rings. The molecule has 3 rings (SSSR count). The number of likely N-dealkylation sites (tertiary alicyclic amines) is 1. The number of rotatable bonds is 4. The van der Waals surface area contributed by atoms with Gasteiger partial charge in [-0.25, -0.2) is 0 Å². The van der Waals surface area contributed by atoms with Gasteiger partial charge in [0.2, 0.25) is 0 Å². The van der Waals surface area contributed by atoms with Crippen molar-refractivity contribution in [1.82, 2.24) is 4.90 Å². The normalized spacial score (nSPS) is 16.2. The Morgan fingerprint density at radius 3 is 2.09 bits per heavy atom. The number of benzene rings is 2. The van der Waals surface area contributed by atoms with Crippen LogP contribution in [0.5, 0.6) is 0 Å². The van der Waals surface area contributed by atoms with E-state index in [4.69, 9.17) is 0 Å². The maximum Gasteiger partial charge on any atom is 0.0175 e. The third-order valence-electron chi connectivity index (χ3n) is 4.37. The van der Waals surface area contributed by atoms with E-state index in [1.807, 2.05) is 0 Å². The van der Waals surface area contributed by atoms with E-state index in [0.29, 0.717) is 0 Å². The number of allylic oxidation sites excluding steroid dienone is 1. The van der Waals surface area contributed by atoms with Crippen LogP contribution in [0, 0.1) is 0 Å². The fourth-order valence-corrected chi connectivity index (χ4v) is 3.18. The van der Waals surface area contributed by atoms with Gasteiger partial charge >= 0.3 is 0 Å². The highest BCUT2D eigenvalue weighted by Gasteiger charge is 2.09. The molecule has 114 valence electrons. The fourth-order valence-electron chi connectivity index (χ4n) is 2.92. The summed E-state index contributed by atoms with van der Waals surface area (Å²) in [5.74, 6) is 0. The highest BCUT2D eigenvalue weighted by Crippen LogP contribution is 2.24. The molecule has 0 aliphatic carbocycles. The lowest BCUT2D eigenvalue weighted by Crippen LogP contribution is -2.18. The van der Waals surface area contributed by atoms with E-state index in [1.165, 1.54) is 48.2 Å². The SMILES string of the molecule is CC(=CCN1CCCC1)c1ccc(-c2ccc(Br)cc2)cc1. The van der Waals surface area contributed by atoms with Gasteiger partial charge in [0.15, 0.2) is 0 Å². The molecule has 0 saturated carbocycles. The summed E-state index contributed by atoms with van der Waals surface area (Å²) in [6.07, 6.45) is 5.07. The largest absolute Gasteiger partial charge is 0.300 e. The van der Waals surface area contributed by atoms with Crippen LogP contribution in [0.1, 0.15) is 25.3 Å². The quantitative estimate of drug-likeness (QED) is 0.688. The molecule has 0 amide bonds. The first-order valence-corrected chi connectivity index (χ1v) is 8.77. The van der Waals surface area contributed by atoms with Crippen molar-refractivity contribution in [1.29, 1.82) is 0 Å². The Balaban J connectivity index is 1.70. The predicted octanol–water partition coefficient (Wildman–Crippen LogP) is 5.62. The third kappa shape index (κ3) is 3.88. The van der Waals surface area contributed by atoms with Gasteiger partial charge in [0.05, 0.1) is 0 Å². The molecule has 0 atom stereocenters. The summed E-state index contributed by atoms with van der Waals surface area (Å²) in [7, 11) is 0. The molecule has 1 nitrogen and oxygen atoms in total. The predicted molar refractivity (Wildman–Crippen MR) is 98.9 cm³/mol. The van der Waals surface area contributed by atoms with Gasteiger partial charge in [-0.2, -0.15) is 0 Å². The molecular formula is C20H22BrN. The van der Waals surface area contributed by atoms with Crippen molar-refractivity contribution in [3.05, 3.63) is 64.6 Å². The van der Waals surface area contributed by atoms with Crippen LogP contribution in [0.25, 0.3) is 16.7 Å². The molecule has 2 heteroatoms. The van der Waals surface area contributed by atoms with Crippen LogP contribution in [0.3, 0.4) is 0 Å². The standard InChI is InChI=1S/C20H22BrN/c1-16(12-15-22-13-2-3-14-22)17-4-6-18(7-5-17)19-8-10-20(21)11-9-19/h4-12H,2-3,13-15H2,1H3. The monoisotopic (exact) mass is 355 g/mol. The Morgan fingerprint density at radius 1 is 0.955 bits per heavy atom. The molecular weight excluding hydrogens is 334 g/mol. The second-order valence-corrected chi connectivity index (χ2v) is 6.89. The van der Waals surface area contributed by atoms with Crippen molar-refractivity contribution in [2.24, 2.45) is 0 Å². The topological polar surface area (TPSA) is 3.24 Å². The summed E-state index contributed by atoms with van der Waals surface area (Å²) in [4.78, 5) is 2.53. The Morgan fingerprint density at radius 2 is 1.50 bits per heavy atom. The zero-order valence-electron chi connectivity index (χ0n) is 13.1. The van der Waals surface area contributed by atoms with E-state index in [0.717, 1.165) is 11.0 Å². The molecule has 0 spiro atoms. The van der Waals surface area contributed by atoms with Crippen LogP contribution in [-0.4, -0.2) is 24.5 Å². The lowest BCUT2D eigenvalue weighted by atomic mass is 10.0. The molecule has 0 aromatic heterocycles. The van der Waals surface area contributed by atoms with Gasteiger partial charge in [-0.1, -0.05) is 58.4 Å². The van der Waals surface area contributed by atoms with Crippen molar-refractivity contribution in [2.75, 3.05) is 19.6 Å². The van der Waals surface area contributed by atoms with Crippen LogP contribution < -0.4 is 0 Å². The molecule has 0 radical (unpaired) electrons. The van der Waals surface area contributed by atoms with E-state index in [9.17, 15) is 0 Å². The highest BCUT2D eigenvalue weighted by atomic mass is 79.9. The third-order valence-corrected chi connectivity index (χ3v) is 4.90. The lowest BCUT2D eigenvalue weighted by molar-refractivity contribution is 0.377. The zero-order valence-corrected chi connectivity index (χ0v) is 14.6. The fraction of sp³-hybridized carbons (Fsp3) is 0.300. The first-order chi connectivity index (χ1) is 10.7. The van der Waals surface area contributed by atoms with Crippen LogP contribution >= 0.6 is 15.9 Å². The minimum absolute atomic E-state index is 1.08. The summed E-state index contributed by atoms with van der Waals surface area (Å²) in [6, 6.07) is 17.4. The molecule has 0 unspecified atom stereocenters. The van der Waals surface area contributed by atoms with E-state index in [1.54, 1.807) is 0 Å². The molecule has 1 heterocycles. The Labute approximate surface area is 141 Å². The molecule has 1 aliphatic heterocycles. The molecule has 1 fully saturated rings. The van der Waals surface area contributed by atoms with E-state index >= 15 is 0 Å². The van der Waals surface area contributed by atoms with Crippen LogP contribution in [0.2, 0.25) is 0 Å². The molecule has 0 bridgehead atoms. The Hall–Kier alpha value is -1.38. The minimum Gasteiger partial charge on any atom is -0.300 e. The number of nitrogens with zero attached hydrogens (tertiary/aromatic N) is 1. The van der Waals surface area contributed by atoms with E-state index in [-0.39, 0.29) is 0 Å². The number of halogens is 1. The molecule has 1 saturated heterocycles. The first-order valence-electron chi connectivity index (χ1n) is 7.98. The second kappa shape index (κ2) is 7.26. The summed E-state index contributed by atoms with van der Waals surface area (Å²) in [5, 5.41) is 0. The summed E-state index contributed by atoms with van der Waals surface area (Å²) >= 11 is 3.48. The summed E-state index contributed by atoms with van der Waals surface area (Å²) < 4.78 is 1.12. The van der Waals surface area contributed by atoms with Crippen LogP contribution in [0.4, 0.5) is 0 Å². The van der Waals surface area contributed by atoms with Gasteiger partial charge in [0.1, 0.15) is 0 Å². The molecule has 2 aromatic rings. The average molecular weight is 356 g/mol. The second-order valence-electron chi connectivity index (χ2n) is 5.98. The van der Waals surface area contributed by atoms with Gasteiger partial charge in [0.25, 0.3) is 0 Å². The minimum atomic E-state index is 1.08. The number of hydrogen-bond donors (Lipinski definition) is 0. The van der Waals surface area contributed by atoms with E-state index in [2.05, 4.69) is 82.4 Å². The van der Waals surface area contributed by atoms with Gasteiger partial charge in [-0.15, -0.1) is 0 Å². The first kappa shape index (κ1) is 15.5. The molecule has 2 aromatic carbocycles. The van der Waals surface area contributed by atoms with Crippen LogP contribution in [-0.2, 0) is 0 Å². The summed E-state index contributed by atoms with van der Waals surface area (Å²) in [6.45, 7) is 5.81. The lowest BCUT2D eigenvalue weighted by Gasteiger charge is -2.12. The maximum absolute atomic E-state index is 3.48. The van der Waals surface area contributed by atoms with Gasteiger partial charge in [-0.3, -0.25) is 4.90 Å². The van der Waals surface area contributed by atoms with Gasteiger partial charge in [-0.05, 0) is 67.3 Å². The van der Waals surface area contributed by atoms with Gasteiger partial charge in [0, 0.05) is 11.0 Å². The zero-order chi connectivity index (χ0) is 15.4. The smallest absolute Gasteiger partial charge is 0.0175 e. The molecule has 0 N–H and O–H groups in total. The van der Waals surface area contributed by atoms with Gasteiger partial charge < -0.3 is 0 Å². The average Bonchev–Trinajstić information content (AvgIpc) is 3.07. The van der Waals surface area contributed by atoms with Crippen molar-refractivity contribution in [3.63, 3.8) is 0 Å². The van der Waals surface area contributed by atoms with Crippen molar-refractivity contribution >= 4 is 21.5 Å². The number of hydrogen-bond acceptors (Lipinski definition) is 1. The Bertz CT molecular complexity index is 634. The van der Waals surface area contributed by atoms with Crippen molar-refractivity contribution < 1.29 is 0 Å². The summed E-state index contributed by atoms with van der Waals surface area (Å²) in [5.41, 5.74) is 5.21. The van der Waals surface area contributed by atoms with E-state index < -0.39 is 0 Å². The highest BCUT2D eigenvalue weighted by molar-refractivity contribution is 9.10. The molecule has 22 heavy (non-hydrogen) atoms.